The van der Waals surface area contributed by atoms with Gasteiger partial charge in [0.15, 0.2) is 0 Å². The summed E-state index contributed by atoms with van der Waals surface area (Å²) in [5.41, 5.74) is 1.23. The van der Waals surface area contributed by atoms with Crippen molar-refractivity contribution < 1.29 is 4.90 Å². The molecule has 2 nitrogen and oxygen atoms in total. The highest BCUT2D eigenvalue weighted by molar-refractivity contribution is 5.79. The van der Waals surface area contributed by atoms with E-state index in [2.05, 4.69) is 43.6 Å². The van der Waals surface area contributed by atoms with E-state index in [-0.39, 0.29) is 0 Å². The number of nitrogens with one attached hydrogen (secondary N) is 1. The van der Waals surface area contributed by atoms with Crippen molar-refractivity contribution >= 4 is 6.21 Å². The van der Waals surface area contributed by atoms with Crippen LogP contribution >= 0.6 is 0 Å². The van der Waals surface area contributed by atoms with Crippen LogP contribution in [-0.2, 0) is 0 Å². The molecule has 0 aromatic heterocycles. The van der Waals surface area contributed by atoms with E-state index in [4.69, 9.17) is 4.99 Å². The summed E-state index contributed by atoms with van der Waals surface area (Å²) < 4.78 is 0. The van der Waals surface area contributed by atoms with Crippen LogP contribution in [-0.4, -0.2) is 31.4 Å². The Kier molecular flexibility index (Phi) is 2.98. The highest BCUT2D eigenvalue weighted by Gasteiger charge is 2.41. The molecule has 90 valence electrons. The Bertz CT molecular complexity index is 385. The predicted molar refractivity (Wildman–Crippen MR) is 70.8 cm³/mol. The number of piperidine rings is 1. The first-order chi connectivity index (χ1) is 8.33. The number of rotatable bonds is 2. The molecule has 4 atom stereocenters. The van der Waals surface area contributed by atoms with Gasteiger partial charge in [0.25, 0.3) is 0 Å². The summed E-state index contributed by atoms with van der Waals surface area (Å²) in [6.07, 6.45) is 7.45. The van der Waals surface area contributed by atoms with Crippen LogP contribution < -0.4 is 4.90 Å². The standard InChI is InChI=1S/C15H20N2/c1-17-14-7-8-15(17)10-13(9-14)16-11-12-5-3-2-4-6-12/h2-6,11,13-15H,7-10H2,1H3/p+1/t13?,14-,15+. The van der Waals surface area contributed by atoms with Crippen LogP contribution in [0.5, 0.6) is 0 Å². The number of aliphatic imine (C=N–C) groups is 1. The van der Waals surface area contributed by atoms with Crippen molar-refractivity contribution in [1.82, 2.24) is 0 Å². The summed E-state index contributed by atoms with van der Waals surface area (Å²) in [5, 5.41) is 0. The quantitative estimate of drug-likeness (QED) is 0.737. The van der Waals surface area contributed by atoms with E-state index < -0.39 is 0 Å². The number of benzene rings is 1. The second-order valence-corrected chi connectivity index (χ2v) is 5.53. The van der Waals surface area contributed by atoms with E-state index in [1.54, 1.807) is 4.90 Å². The van der Waals surface area contributed by atoms with Gasteiger partial charge in [0.1, 0.15) is 0 Å². The van der Waals surface area contributed by atoms with Crippen molar-refractivity contribution in [1.29, 1.82) is 0 Å². The van der Waals surface area contributed by atoms with Crippen molar-refractivity contribution in [2.75, 3.05) is 7.05 Å². The van der Waals surface area contributed by atoms with Gasteiger partial charge < -0.3 is 4.90 Å². The molecule has 0 amide bonds. The van der Waals surface area contributed by atoms with Crippen molar-refractivity contribution in [3.05, 3.63) is 35.9 Å². The number of hydrogen-bond acceptors (Lipinski definition) is 1. The van der Waals surface area contributed by atoms with E-state index >= 15 is 0 Å². The molecule has 2 saturated heterocycles. The third kappa shape index (κ3) is 2.27. The Morgan fingerprint density at radius 1 is 1.12 bits per heavy atom. The van der Waals surface area contributed by atoms with Gasteiger partial charge in [-0.15, -0.1) is 0 Å². The lowest BCUT2D eigenvalue weighted by Gasteiger charge is -2.31. The molecule has 0 aliphatic carbocycles. The normalized spacial score (nSPS) is 36.5. The Labute approximate surface area is 103 Å². The second kappa shape index (κ2) is 4.61. The highest BCUT2D eigenvalue weighted by Crippen LogP contribution is 2.24. The molecule has 3 rings (SSSR count). The molecule has 2 bridgehead atoms. The molecule has 1 N–H and O–H groups in total. The first-order valence-electron chi connectivity index (χ1n) is 6.74. The van der Waals surface area contributed by atoms with Crippen LogP contribution in [0.3, 0.4) is 0 Å². The predicted octanol–water partition coefficient (Wildman–Crippen LogP) is 1.31. The fourth-order valence-corrected chi connectivity index (χ4v) is 3.40. The topological polar surface area (TPSA) is 16.8 Å². The lowest BCUT2D eigenvalue weighted by atomic mass is 9.98. The van der Waals surface area contributed by atoms with Gasteiger partial charge in [0.05, 0.1) is 25.2 Å². The molecule has 2 aliphatic rings. The Balaban J connectivity index is 1.66. The van der Waals surface area contributed by atoms with Gasteiger partial charge in [-0.2, -0.15) is 0 Å². The smallest absolute Gasteiger partial charge is 0.0897 e. The minimum atomic E-state index is 0.566. The highest BCUT2D eigenvalue weighted by atomic mass is 15.2. The van der Waals surface area contributed by atoms with Gasteiger partial charge in [-0.05, 0) is 5.56 Å². The van der Waals surface area contributed by atoms with Gasteiger partial charge in [0, 0.05) is 31.9 Å². The Morgan fingerprint density at radius 2 is 1.76 bits per heavy atom. The Morgan fingerprint density at radius 3 is 2.41 bits per heavy atom. The number of quaternary nitrogens is 1. The van der Waals surface area contributed by atoms with Crippen molar-refractivity contribution in [3.8, 4) is 0 Å². The fraction of sp³-hybridized carbons (Fsp3) is 0.533. The molecule has 2 aliphatic heterocycles. The third-order valence-electron chi connectivity index (χ3n) is 4.50. The summed E-state index contributed by atoms with van der Waals surface area (Å²) in [7, 11) is 2.36. The molecule has 2 unspecified atom stereocenters. The summed E-state index contributed by atoms with van der Waals surface area (Å²) in [6, 6.07) is 12.7. The summed E-state index contributed by atoms with van der Waals surface area (Å²) in [4.78, 5) is 6.55. The number of hydrogen-bond donors (Lipinski definition) is 1. The SMILES string of the molecule is C[NH+]1[C@@H]2CC[C@H]1CC(N=Cc1ccccc1)C2. The van der Waals surface area contributed by atoms with Crippen LogP contribution in [0.25, 0.3) is 0 Å². The first-order valence-corrected chi connectivity index (χ1v) is 6.74. The van der Waals surface area contributed by atoms with E-state index in [0.29, 0.717) is 6.04 Å². The molecule has 0 saturated carbocycles. The molecule has 1 aromatic rings. The second-order valence-electron chi connectivity index (χ2n) is 5.53. The van der Waals surface area contributed by atoms with E-state index in [0.717, 1.165) is 12.1 Å². The lowest BCUT2D eigenvalue weighted by Crippen LogP contribution is -3.15. The minimum Gasteiger partial charge on any atom is -0.332 e. The monoisotopic (exact) mass is 229 g/mol. The summed E-state index contributed by atoms with van der Waals surface area (Å²) >= 11 is 0. The van der Waals surface area contributed by atoms with Crippen LogP contribution in [0.15, 0.2) is 35.3 Å². The van der Waals surface area contributed by atoms with Gasteiger partial charge in [-0.1, -0.05) is 30.3 Å². The van der Waals surface area contributed by atoms with Crippen molar-refractivity contribution in [3.63, 3.8) is 0 Å². The zero-order valence-corrected chi connectivity index (χ0v) is 10.5. The first kappa shape index (κ1) is 11.0. The van der Waals surface area contributed by atoms with Crippen LogP contribution in [0.1, 0.15) is 31.2 Å². The third-order valence-corrected chi connectivity index (χ3v) is 4.50. The van der Waals surface area contributed by atoms with Crippen LogP contribution in [0.2, 0.25) is 0 Å². The summed E-state index contributed by atoms with van der Waals surface area (Å²) in [6.45, 7) is 0. The molecule has 0 spiro atoms. The van der Waals surface area contributed by atoms with Crippen molar-refractivity contribution in [2.45, 2.75) is 43.8 Å². The zero-order valence-electron chi connectivity index (χ0n) is 10.5. The average molecular weight is 229 g/mol. The molecule has 2 heteroatoms. The van der Waals surface area contributed by atoms with Crippen LogP contribution in [0.4, 0.5) is 0 Å². The molecule has 0 radical (unpaired) electrons. The molecule has 2 fully saturated rings. The summed E-state index contributed by atoms with van der Waals surface area (Å²) in [5.74, 6) is 0. The van der Waals surface area contributed by atoms with Crippen LogP contribution in [0, 0.1) is 0 Å². The molecule has 2 heterocycles. The van der Waals surface area contributed by atoms with E-state index in [1.807, 2.05) is 0 Å². The number of nitrogens with zero attached hydrogens (tertiary/aromatic N) is 1. The molecule has 17 heavy (non-hydrogen) atoms. The van der Waals surface area contributed by atoms with Gasteiger partial charge in [-0.3, -0.25) is 4.99 Å². The number of fused-ring (bicyclic) bond motifs is 2. The maximum Gasteiger partial charge on any atom is 0.0897 e. The molecular formula is C15H21N2+. The maximum atomic E-state index is 4.79. The average Bonchev–Trinajstić information content (AvgIpc) is 2.61. The largest absolute Gasteiger partial charge is 0.332 e. The Hall–Kier alpha value is -1.15. The van der Waals surface area contributed by atoms with Crippen molar-refractivity contribution in [2.24, 2.45) is 4.99 Å². The van der Waals surface area contributed by atoms with E-state index in [1.165, 1.54) is 31.2 Å². The zero-order chi connectivity index (χ0) is 11.7. The van der Waals surface area contributed by atoms with Gasteiger partial charge >= 0.3 is 0 Å². The van der Waals surface area contributed by atoms with E-state index in [9.17, 15) is 0 Å². The lowest BCUT2D eigenvalue weighted by molar-refractivity contribution is -0.922. The van der Waals surface area contributed by atoms with Gasteiger partial charge in [0.2, 0.25) is 0 Å². The van der Waals surface area contributed by atoms with Gasteiger partial charge in [-0.25, -0.2) is 0 Å². The fourth-order valence-electron chi connectivity index (χ4n) is 3.40. The minimum absolute atomic E-state index is 0.566. The molecule has 1 aromatic carbocycles. The maximum absolute atomic E-state index is 4.79. The molecular weight excluding hydrogens is 208 g/mol.